The molecule has 0 aliphatic heterocycles. The Balaban J connectivity index is 1.80. The lowest BCUT2D eigenvalue weighted by Gasteiger charge is -2.17. The van der Waals surface area contributed by atoms with E-state index in [0.717, 1.165) is 11.1 Å². The third-order valence-corrected chi connectivity index (χ3v) is 3.72. The molecule has 5 nitrogen and oxygen atoms in total. The standard InChI is InChI=1S/C20H21F2NO4/c21-20(22)23-17(19(25)27-14-16-9-5-2-6-10-16)11-12-18(24)26-13-15-7-3-1-4-8-15/h1-10,17,20,23H,11-14H2/t17-/m0/s1. The molecule has 0 aromatic heterocycles. The number of rotatable bonds is 10. The summed E-state index contributed by atoms with van der Waals surface area (Å²) >= 11 is 0. The minimum absolute atomic E-state index is 0.0282. The van der Waals surface area contributed by atoms with Crippen molar-refractivity contribution in [3.63, 3.8) is 0 Å². The summed E-state index contributed by atoms with van der Waals surface area (Å²) in [6, 6.07) is 16.7. The highest BCUT2D eigenvalue weighted by atomic mass is 19.3. The molecule has 0 aliphatic rings. The highest BCUT2D eigenvalue weighted by Crippen LogP contribution is 2.09. The van der Waals surface area contributed by atoms with Crippen molar-refractivity contribution in [3.8, 4) is 0 Å². The van der Waals surface area contributed by atoms with Gasteiger partial charge in [0.05, 0.1) is 0 Å². The number of benzene rings is 2. The normalized spacial score (nSPS) is 11.8. The Morgan fingerprint density at radius 1 is 0.852 bits per heavy atom. The average Bonchev–Trinajstić information content (AvgIpc) is 2.69. The zero-order chi connectivity index (χ0) is 19.5. The zero-order valence-corrected chi connectivity index (χ0v) is 14.6. The van der Waals surface area contributed by atoms with Crippen LogP contribution in [0.25, 0.3) is 0 Å². The molecule has 0 heterocycles. The van der Waals surface area contributed by atoms with Gasteiger partial charge >= 0.3 is 11.9 Å². The zero-order valence-electron chi connectivity index (χ0n) is 14.6. The minimum atomic E-state index is -2.90. The van der Waals surface area contributed by atoms with E-state index in [1.807, 2.05) is 29.6 Å². The molecule has 0 spiro atoms. The van der Waals surface area contributed by atoms with Crippen LogP contribution in [0.1, 0.15) is 24.0 Å². The molecule has 0 bridgehead atoms. The van der Waals surface area contributed by atoms with Crippen molar-refractivity contribution in [2.24, 2.45) is 0 Å². The third kappa shape index (κ3) is 7.96. The number of ether oxygens (including phenoxy) is 2. The van der Waals surface area contributed by atoms with E-state index in [1.54, 1.807) is 36.4 Å². The van der Waals surface area contributed by atoms with Crippen LogP contribution in [0.4, 0.5) is 8.78 Å². The van der Waals surface area contributed by atoms with Gasteiger partial charge in [-0.05, 0) is 17.5 Å². The first kappa shape index (κ1) is 20.5. The fourth-order valence-electron chi connectivity index (χ4n) is 2.32. The molecule has 0 amide bonds. The topological polar surface area (TPSA) is 64.6 Å². The van der Waals surface area contributed by atoms with E-state index < -0.39 is 24.5 Å². The lowest BCUT2D eigenvalue weighted by molar-refractivity contribution is -0.150. The maximum absolute atomic E-state index is 12.7. The van der Waals surface area contributed by atoms with Gasteiger partial charge in [-0.1, -0.05) is 60.7 Å². The van der Waals surface area contributed by atoms with Gasteiger partial charge in [0.2, 0.25) is 0 Å². The van der Waals surface area contributed by atoms with Crippen LogP contribution in [0.2, 0.25) is 0 Å². The number of hydrogen-bond acceptors (Lipinski definition) is 5. The van der Waals surface area contributed by atoms with Gasteiger partial charge in [-0.3, -0.25) is 9.59 Å². The van der Waals surface area contributed by atoms with Crippen molar-refractivity contribution < 1.29 is 27.8 Å². The van der Waals surface area contributed by atoms with Crippen LogP contribution in [0.15, 0.2) is 60.7 Å². The van der Waals surface area contributed by atoms with E-state index in [2.05, 4.69) is 0 Å². The number of alkyl halides is 2. The van der Waals surface area contributed by atoms with E-state index >= 15 is 0 Å². The molecule has 0 fully saturated rings. The van der Waals surface area contributed by atoms with E-state index in [1.165, 1.54) is 0 Å². The summed E-state index contributed by atoms with van der Waals surface area (Å²) in [6.45, 7) is -2.84. The molecular weight excluding hydrogens is 356 g/mol. The third-order valence-electron chi connectivity index (χ3n) is 3.72. The molecule has 144 valence electrons. The van der Waals surface area contributed by atoms with Crippen molar-refractivity contribution >= 4 is 11.9 Å². The Bertz CT molecular complexity index is 710. The van der Waals surface area contributed by atoms with E-state index in [-0.39, 0.29) is 26.1 Å². The quantitative estimate of drug-likeness (QED) is 0.508. The van der Waals surface area contributed by atoms with E-state index in [4.69, 9.17) is 9.47 Å². The first-order valence-electron chi connectivity index (χ1n) is 8.49. The molecule has 0 unspecified atom stereocenters. The van der Waals surface area contributed by atoms with Crippen molar-refractivity contribution in [2.45, 2.75) is 38.6 Å². The molecular formula is C20H21F2NO4. The van der Waals surface area contributed by atoms with Crippen molar-refractivity contribution in [2.75, 3.05) is 0 Å². The fraction of sp³-hybridized carbons (Fsp3) is 0.300. The first-order chi connectivity index (χ1) is 13.0. The second-order valence-corrected chi connectivity index (χ2v) is 5.80. The molecule has 1 N–H and O–H groups in total. The van der Waals surface area contributed by atoms with E-state index in [9.17, 15) is 18.4 Å². The van der Waals surface area contributed by atoms with Crippen LogP contribution in [0.3, 0.4) is 0 Å². The van der Waals surface area contributed by atoms with Gasteiger partial charge in [-0.15, -0.1) is 0 Å². The first-order valence-corrected chi connectivity index (χ1v) is 8.49. The molecule has 1 atom stereocenters. The number of halogens is 2. The summed E-state index contributed by atoms with van der Waals surface area (Å²) in [5.41, 5.74) is 1.55. The Labute approximate surface area is 156 Å². The second-order valence-electron chi connectivity index (χ2n) is 5.80. The monoisotopic (exact) mass is 377 g/mol. The van der Waals surface area contributed by atoms with Crippen LogP contribution >= 0.6 is 0 Å². The van der Waals surface area contributed by atoms with Crippen molar-refractivity contribution in [3.05, 3.63) is 71.8 Å². The average molecular weight is 377 g/mol. The number of hydrogen-bond donors (Lipinski definition) is 1. The molecule has 7 heteroatoms. The van der Waals surface area contributed by atoms with Gasteiger partial charge in [0.15, 0.2) is 0 Å². The predicted molar refractivity (Wildman–Crippen MR) is 94.6 cm³/mol. The lowest BCUT2D eigenvalue weighted by atomic mass is 10.1. The Hall–Kier alpha value is -2.80. The molecule has 0 aliphatic carbocycles. The summed E-state index contributed by atoms with van der Waals surface area (Å²) in [5, 5.41) is 1.83. The second kappa shape index (κ2) is 11.0. The van der Waals surface area contributed by atoms with Gasteiger partial charge in [0.1, 0.15) is 19.3 Å². The fourth-order valence-corrected chi connectivity index (χ4v) is 2.32. The maximum Gasteiger partial charge on any atom is 0.323 e. The number of esters is 2. The lowest BCUT2D eigenvalue weighted by Crippen LogP contribution is -2.41. The molecule has 2 rings (SSSR count). The van der Waals surface area contributed by atoms with Crippen LogP contribution in [-0.4, -0.2) is 24.5 Å². The summed E-state index contributed by atoms with van der Waals surface area (Å²) in [4.78, 5) is 23.9. The van der Waals surface area contributed by atoms with Crippen LogP contribution in [-0.2, 0) is 32.3 Å². The molecule has 2 aromatic carbocycles. The maximum atomic E-state index is 12.7. The highest BCUT2D eigenvalue weighted by Gasteiger charge is 2.24. The molecule has 0 saturated carbocycles. The molecule has 0 radical (unpaired) electrons. The molecule has 27 heavy (non-hydrogen) atoms. The number of carbonyl (C=O) groups excluding carboxylic acids is 2. The van der Waals surface area contributed by atoms with Crippen LogP contribution in [0, 0.1) is 0 Å². The summed E-state index contributed by atoms with van der Waals surface area (Å²) in [7, 11) is 0. The number of nitrogens with one attached hydrogen (secondary N) is 1. The van der Waals surface area contributed by atoms with Crippen molar-refractivity contribution in [1.82, 2.24) is 5.32 Å². The Kier molecular flexibility index (Phi) is 8.38. The largest absolute Gasteiger partial charge is 0.461 e. The molecule has 0 saturated heterocycles. The van der Waals surface area contributed by atoms with Gasteiger partial charge in [0.25, 0.3) is 6.55 Å². The smallest absolute Gasteiger partial charge is 0.323 e. The van der Waals surface area contributed by atoms with Gasteiger partial charge in [0, 0.05) is 6.42 Å². The van der Waals surface area contributed by atoms with Gasteiger partial charge in [-0.2, -0.15) is 8.78 Å². The highest BCUT2D eigenvalue weighted by molar-refractivity contribution is 5.77. The molecule has 2 aromatic rings. The van der Waals surface area contributed by atoms with Crippen LogP contribution in [0.5, 0.6) is 0 Å². The van der Waals surface area contributed by atoms with Crippen molar-refractivity contribution in [1.29, 1.82) is 0 Å². The number of carbonyl (C=O) groups is 2. The summed E-state index contributed by atoms with van der Waals surface area (Å²) in [6.07, 6.45) is -0.330. The minimum Gasteiger partial charge on any atom is -0.461 e. The summed E-state index contributed by atoms with van der Waals surface area (Å²) < 4.78 is 35.5. The summed E-state index contributed by atoms with van der Waals surface area (Å²) in [5.74, 6) is -1.41. The van der Waals surface area contributed by atoms with Gasteiger partial charge < -0.3 is 9.47 Å². The van der Waals surface area contributed by atoms with E-state index in [0.29, 0.717) is 0 Å². The van der Waals surface area contributed by atoms with Crippen LogP contribution < -0.4 is 5.32 Å². The predicted octanol–water partition coefficient (Wildman–Crippen LogP) is 3.43. The SMILES string of the molecule is O=C(CC[C@H](NC(F)F)C(=O)OCc1ccccc1)OCc1ccccc1. The van der Waals surface area contributed by atoms with Gasteiger partial charge in [-0.25, -0.2) is 5.32 Å². The Morgan fingerprint density at radius 2 is 1.37 bits per heavy atom. The Morgan fingerprint density at radius 3 is 1.89 bits per heavy atom.